The Bertz CT molecular complexity index is 1170. The van der Waals surface area contributed by atoms with Gasteiger partial charge in [-0.2, -0.15) is 5.26 Å². The van der Waals surface area contributed by atoms with Crippen LogP contribution in [0.1, 0.15) is 27.0 Å². The lowest BCUT2D eigenvalue weighted by Gasteiger charge is -2.11. The van der Waals surface area contributed by atoms with E-state index in [-0.39, 0.29) is 11.8 Å². The fourth-order valence-corrected chi connectivity index (χ4v) is 3.52. The number of carbonyl (C=O) groups excluding carboxylic acids is 2. The van der Waals surface area contributed by atoms with Gasteiger partial charge in [0.1, 0.15) is 0 Å². The molecule has 1 heterocycles. The lowest BCUT2D eigenvalue weighted by Crippen LogP contribution is -2.22. The average Bonchev–Trinajstić information content (AvgIpc) is 3.16. The first-order valence-electron chi connectivity index (χ1n) is 8.87. The molecule has 1 aliphatic heterocycles. The number of amides is 2. The zero-order chi connectivity index (χ0) is 19.7. The number of nitrogens with zero attached hydrogens (tertiary/aromatic N) is 2. The van der Waals surface area contributed by atoms with Gasteiger partial charge in [-0.05, 0) is 41.5 Å². The maximum Gasteiger partial charge on any atom is 0.255 e. The first-order valence-corrected chi connectivity index (χ1v) is 8.87. The van der Waals surface area contributed by atoms with Crippen molar-refractivity contribution in [2.24, 2.45) is 0 Å². The number of hydrogen-bond acceptors (Lipinski definition) is 3. The maximum atomic E-state index is 12.8. The molecule has 2 amide bonds. The Morgan fingerprint density at radius 3 is 2.54 bits per heavy atom. The van der Waals surface area contributed by atoms with E-state index in [0.717, 1.165) is 21.9 Å². The van der Waals surface area contributed by atoms with E-state index < -0.39 is 0 Å². The Labute approximate surface area is 162 Å². The van der Waals surface area contributed by atoms with Gasteiger partial charge >= 0.3 is 0 Å². The molecule has 0 aromatic heterocycles. The van der Waals surface area contributed by atoms with E-state index in [1.54, 1.807) is 23.1 Å². The molecule has 0 saturated carbocycles. The largest absolute Gasteiger partial charge is 0.331 e. The first kappa shape index (κ1) is 17.5. The molecule has 0 aliphatic carbocycles. The molecule has 5 heteroatoms. The van der Waals surface area contributed by atoms with Crippen molar-refractivity contribution < 1.29 is 9.59 Å². The third-order valence-corrected chi connectivity index (χ3v) is 4.97. The van der Waals surface area contributed by atoms with Crippen LogP contribution >= 0.6 is 0 Å². The number of hydrogen-bond donors (Lipinski definition) is 1. The molecule has 3 aromatic carbocycles. The lowest BCUT2D eigenvalue weighted by molar-refractivity contribution is -0.126. The molecule has 1 aliphatic rings. The number of nitriles is 1. The summed E-state index contributed by atoms with van der Waals surface area (Å²) in [7, 11) is 0. The van der Waals surface area contributed by atoms with Gasteiger partial charge in [0, 0.05) is 35.1 Å². The first-order chi connectivity index (χ1) is 13.6. The van der Waals surface area contributed by atoms with Crippen molar-refractivity contribution in [3.8, 4) is 6.07 Å². The van der Waals surface area contributed by atoms with E-state index in [0.29, 0.717) is 29.9 Å². The highest BCUT2D eigenvalue weighted by molar-refractivity contribution is 6.10. The van der Waals surface area contributed by atoms with Gasteiger partial charge in [0.15, 0.2) is 0 Å². The Morgan fingerprint density at radius 1 is 1.04 bits per heavy atom. The summed E-state index contributed by atoms with van der Waals surface area (Å²) >= 11 is 0. The number of rotatable bonds is 3. The fourth-order valence-electron chi connectivity index (χ4n) is 3.52. The smallest absolute Gasteiger partial charge is 0.255 e. The predicted octanol–water partition coefficient (Wildman–Crippen LogP) is 3.99. The predicted molar refractivity (Wildman–Crippen MR) is 108 cm³/mol. The molecule has 5 nitrogen and oxygen atoms in total. The van der Waals surface area contributed by atoms with Gasteiger partial charge in [0.05, 0.1) is 11.6 Å². The molecule has 1 N–H and O–H groups in total. The SMILES string of the molecule is C=CC(=O)N1Cc2ccc(C(=O)Nc3ccc(C#N)c4ccccc34)cc2C1. The number of anilines is 1. The normalized spacial score (nSPS) is 12.3. The van der Waals surface area contributed by atoms with Gasteiger partial charge in [-0.25, -0.2) is 0 Å². The van der Waals surface area contributed by atoms with Crippen LogP contribution < -0.4 is 5.32 Å². The van der Waals surface area contributed by atoms with Crippen molar-refractivity contribution in [2.45, 2.75) is 13.1 Å². The van der Waals surface area contributed by atoms with Crippen molar-refractivity contribution in [1.29, 1.82) is 5.26 Å². The van der Waals surface area contributed by atoms with E-state index in [1.165, 1.54) is 6.08 Å². The molecule has 0 saturated heterocycles. The Kier molecular flexibility index (Phi) is 4.38. The summed E-state index contributed by atoms with van der Waals surface area (Å²) in [5.74, 6) is -0.350. The minimum atomic E-state index is -0.230. The topological polar surface area (TPSA) is 73.2 Å². The zero-order valence-corrected chi connectivity index (χ0v) is 15.1. The molecule has 0 radical (unpaired) electrons. The third-order valence-electron chi connectivity index (χ3n) is 4.97. The molecule has 0 atom stereocenters. The van der Waals surface area contributed by atoms with Crippen LogP contribution in [-0.2, 0) is 17.9 Å². The number of carbonyl (C=O) groups is 2. The molecule has 0 fully saturated rings. The van der Waals surface area contributed by atoms with Crippen molar-refractivity contribution in [2.75, 3.05) is 5.32 Å². The summed E-state index contributed by atoms with van der Waals surface area (Å²) in [4.78, 5) is 26.3. The summed E-state index contributed by atoms with van der Waals surface area (Å²) in [6.07, 6.45) is 1.30. The van der Waals surface area contributed by atoms with E-state index in [4.69, 9.17) is 0 Å². The maximum absolute atomic E-state index is 12.8. The molecule has 4 rings (SSSR count). The monoisotopic (exact) mass is 367 g/mol. The van der Waals surface area contributed by atoms with Gasteiger partial charge < -0.3 is 10.2 Å². The molecule has 136 valence electrons. The minimum absolute atomic E-state index is 0.119. The highest BCUT2D eigenvalue weighted by atomic mass is 16.2. The quantitative estimate of drug-likeness (QED) is 0.711. The summed E-state index contributed by atoms with van der Waals surface area (Å²) in [5.41, 5.74) is 3.75. The van der Waals surface area contributed by atoms with Gasteiger partial charge in [-0.15, -0.1) is 0 Å². The number of benzene rings is 3. The highest BCUT2D eigenvalue weighted by Gasteiger charge is 2.22. The molecular formula is C23H17N3O2. The van der Waals surface area contributed by atoms with E-state index >= 15 is 0 Å². The lowest BCUT2D eigenvalue weighted by atomic mass is 10.0. The van der Waals surface area contributed by atoms with Crippen LogP contribution in [0.5, 0.6) is 0 Å². The fraction of sp³-hybridized carbons (Fsp3) is 0.0870. The third kappa shape index (κ3) is 3.01. The van der Waals surface area contributed by atoms with E-state index in [1.807, 2.05) is 36.4 Å². The van der Waals surface area contributed by atoms with Gasteiger partial charge in [0.25, 0.3) is 5.91 Å². The van der Waals surface area contributed by atoms with Crippen LogP contribution in [0, 0.1) is 11.3 Å². The van der Waals surface area contributed by atoms with Crippen molar-refractivity contribution in [3.63, 3.8) is 0 Å². The molecule has 0 spiro atoms. The van der Waals surface area contributed by atoms with Gasteiger partial charge in [-0.1, -0.05) is 36.9 Å². The molecule has 0 unspecified atom stereocenters. The Balaban J connectivity index is 1.61. The molecular weight excluding hydrogens is 350 g/mol. The van der Waals surface area contributed by atoms with Crippen LogP contribution in [0.25, 0.3) is 10.8 Å². The van der Waals surface area contributed by atoms with Crippen LogP contribution in [0.2, 0.25) is 0 Å². The van der Waals surface area contributed by atoms with Crippen LogP contribution in [0.15, 0.2) is 67.3 Å². The molecule has 0 bridgehead atoms. The number of fused-ring (bicyclic) bond motifs is 2. The average molecular weight is 367 g/mol. The Morgan fingerprint density at radius 2 is 1.79 bits per heavy atom. The van der Waals surface area contributed by atoms with Crippen molar-refractivity contribution in [3.05, 3.63) is 89.5 Å². The van der Waals surface area contributed by atoms with Crippen LogP contribution in [0.3, 0.4) is 0 Å². The summed E-state index contributed by atoms with van der Waals surface area (Å²) in [5, 5.41) is 13.8. The molecule has 28 heavy (non-hydrogen) atoms. The second-order valence-electron chi connectivity index (χ2n) is 6.65. The Hall–Kier alpha value is -3.91. The summed E-state index contributed by atoms with van der Waals surface area (Å²) < 4.78 is 0. The van der Waals surface area contributed by atoms with Crippen LogP contribution in [0.4, 0.5) is 5.69 Å². The standard InChI is InChI=1S/C23H17N3O2/c1-2-22(27)26-13-17-8-7-15(11-18(17)14-26)23(28)25-21-10-9-16(12-24)19-5-3-4-6-20(19)21/h2-11H,1,13-14H2,(H,25,28). The number of nitrogens with one attached hydrogen (secondary N) is 1. The second kappa shape index (κ2) is 7.01. The van der Waals surface area contributed by atoms with Crippen LogP contribution in [-0.4, -0.2) is 16.7 Å². The zero-order valence-electron chi connectivity index (χ0n) is 15.1. The molecule has 3 aromatic rings. The van der Waals surface area contributed by atoms with Gasteiger partial charge in [-0.3, -0.25) is 9.59 Å². The van der Waals surface area contributed by atoms with E-state index in [2.05, 4.69) is 18.0 Å². The van der Waals surface area contributed by atoms with Crippen molar-refractivity contribution in [1.82, 2.24) is 4.90 Å². The van der Waals surface area contributed by atoms with Crippen molar-refractivity contribution >= 4 is 28.3 Å². The summed E-state index contributed by atoms with van der Waals surface area (Å²) in [6, 6.07) is 18.6. The van der Waals surface area contributed by atoms with E-state index in [9.17, 15) is 14.9 Å². The highest BCUT2D eigenvalue weighted by Crippen LogP contribution is 2.28. The van der Waals surface area contributed by atoms with Gasteiger partial charge in [0.2, 0.25) is 5.91 Å². The summed E-state index contributed by atoms with van der Waals surface area (Å²) in [6.45, 7) is 4.53. The second-order valence-corrected chi connectivity index (χ2v) is 6.65. The minimum Gasteiger partial charge on any atom is -0.331 e.